The fraction of sp³-hybridized carbons (Fsp3) is 1.00. The van der Waals surface area contributed by atoms with Crippen LogP contribution >= 0.6 is 0 Å². The maximum atomic E-state index is 5.95. The van der Waals surface area contributed by atoms with E-state index in [1.807, 2.05) is 0 Å². The minimum absolute atomic E-state index is 0.469. The molecule has 2 N–H and O–H groups in total. The Labute approximate surface area is 99.3 Å². The second-order valence-electron chi connectivity index (χ2n) is 5.74. The minimum atomic E-state index is 0.469. The molecular formula is C13H26N2O. The Kier molecular flexibility index (Phi) is 4.62. The van der Waals surface area contributed by atoms with Gasteiger partial charge in [0.1, 0.15) is 0 Å². The SMILES string of the molecule is CN(CC1CCCOC1)CC1CCC(N)C1. The Morgan fingerprint density at radius 2 is 2.00 bits per heavy atom. The van der Waals surface area contributed by atoms with Crippen molar-refractivity contribution in [1.82, 2.24) is 4.90 Å². The van der Waals surface area contributed by atoms with E-state index in [4.69, 9.17) is 10.5 Å². The third-order valence-corrected chi connectivity index (χ3v) is 3.98. The molecule has 2 aliphatic rings. The molecule has 0 aromatic heterocycles. The summed E-state index contributed by atoms with van der Waals surface area (Å²) < 4.78 is 5.52. The Morgan fingerprint density at radius 1 is 1.19 bits per heavy atom. The lowest BCUT2D eigenvalue weighted by Gasteiger charge is -2.28. The van der Waals surface area contributed by atoms with Gasteiger partial charge in [0.05, 0.1) is 6.61 Å². The zero-order valence-corrected chi connectivity index (χ0v) is 10.5. The molecule has 0 spiro atoms. The quantitative estimate of drug-likeness (QED) is 0.789. The van der Waals surface area contributed by atoms with Crippen LogP contribution in [0.5, 0.6) is 0 Å². The van der Waals surface area contributed by atoms with Crippen molar-refractivity contribution in [3.63, 3.8) is 0 Å². The van der Waals surface area contributed by atoms with E-state index in [1.165, 1.54) is 45.2 Å². The molecular weight excluding hydrogens is 200 g/mol. The highest BCUT2D eigenvalue weighted by molar-refractivity contribution is 4.80. The van der Waals surface area contributed by atoms with Gasteiger partial charge in [0.25, 0.3) is 0 Å². The summed E-state index contributed by atoms with van der Waals surface area (Å²) in [5, 5.41) is 0. The van der Waals surface area contributed by atoms with E-state index in [9.17, 15) is 0 Å². The summed E-state index contributed by atoms with van der Waals surface area (Å²) in [6.07, 6.45) is 6.37. The lowest BCUT2D eigenvalue weighted by atomic mass is 10.0. The van der Waals surface area contributed by atoms with Crippen LogP contribution in [0.25, 0.3) is 0 Å². The summed E-state index contributed by atoms with van der Waals surface area (Å²) in [4.78, 5) is 2.49. The zero-order chi connectivity index (χ0) is 11.4. The summed E-state index contributed by atoms with van der Waals surface area (Å²) in [6, 6.07) is 0.469. The summed E-state index contributed by atoms with van der Waals surface area (Å²) in [5.74, 6) is 1.60. The Balaban J connectivity index is 1.65. The van der Waals surface area contributed by atoms with E-state index in [0.29, 0.717) is 6.04 Å². The second kappa shape index (κ2) is 5.99. The number of rotatable bonds is 4. The molecule has 1 heterocycles. The third kappa shape index (κ3) is 3.72. The van der Waals surface area contributed by atoms with E-state index in [2.05, 4.69) is 11.9 Å². The van der Waals surface area contributed by atoms with Gasteiger partial charge in [0.2, 0.25) is 0 Å². The number of nitrogens with two attached hydrogens (primary N) is 1. The van der Waals surface area contributed by atoms with Crippen LogP contribution in [-0.4, -0.2) is 44.3 Å². The van der Waals surface area contributed by atoms with Crippen LogP contribution in [0.4, 0.5) is 0 Å². The lowest BCUT2D eigenvalue weighted by molar-refractivity contribution is 0.0403. The highest BCUT2D eigenvalue weighted by Crippen LogP contribution is 2.25. The first kappa shape index (κ1) is 12.3. The topological polar surface area (TPSA) is 38.5 Å². The van der Waals surface area contributed by atoms with Crippen molar-refractivity contribution in [3.05, 3.63) is 0 Å². The van der Waals surface area contributed by atoms with Crippen molar-refractivity contribution >= 4 is 0 Å². The molecule has 0 aromatic rings. The van der Waals surface area contributed by atoms with E-state index < -0.39 is 0 Å². The van der Waals surface area contributed by atoms with Gasteiger partial charge in [-0.05, 0) is 51.0 Å². The minimum Gasteiger partial charge on any atom is -0.381 e. The summed E-state index contributed by atoms with van der Waals surface area (Å²) in [7, 11) is 2.25. The zero-order valence-electron chi connectivity index (χ0n) is 10.5. The molecule has 1 aliphatic carbocycles. The fourth-order valence-corrected chi connectivity index (χ4v) is 3.19. The highest BCUT2D eigenvalue weighted by Gasteiger charge is 2.24. The van der Waals surface area contributed by atoms with E-state index in [1.54, 1.807) is 0 Å². The standard InChI is InChI=1S/C13H26N2O/c1-15(8-11-4-5-13(14)7-11)9-12-3-2-6-16-10-12/h11-13H,2-10,14H2,1H3. The van der Waals surface area contributed by atoms with Gasteiger partial charge in [-0.25, -0.2) is 0 Å². The van der Waals surface area contributed by atoms with Crippen LogP contribution in [0.1, 0.15) is 32.1 Å². The molecule has 16 heavy (non-hydrogen) atoms. The first-order valence-electron chi connectivity index (χ1n) is 6.76. The fourth-order valence-electron chi connectivity index (χ4n) is 3.19. The van der Waals surface area contributed by atoms with Gasteiger partial charge in [-0.3, -0.25) is 0 Å². The van der Waals surface area contributed by atoms with Gasteiger partial charge in [-0.2, -0.15) is 0 Å². The number of hydrogen-bond donors (Lipinski definition) is 1. The molecule has 3 nitrogen and oxygen atoms in total. The molecule has 3 atom stereocenters. The van der Waals surface area contributed by atoms with Gasteiger partial charge in [-0.1, -0.05) is 0 Å². The molecule has 2 fully saturated rings. The molecule has 1 aliphatic heterocycles. The van der Waals surface area contributed by atoms with Crippen molar-refractivity contribution in [2.45, 2.75) is 38.1 Å². The molecule has 3 heteroatoms. The van der Waals surface area contributed by atoms with E-state index in [-0.39, 0.29) is 0 Å². The van der Waals surface area contributed by atoms with Gasteiger partial charge in [-0.15, -0.1) is 0 Å². The van der Waals surface area contributed by atoms with Crippen molar-refractivity contribution < 1.29 is 4.74 Å². The van der Waals surface area contributed by atoms with Gasteiger partial charge in [0, 0.05) is 25.7 Å². The maximum absolute atomic E-state index is 5.95. The highest BCUT2D eigenvalue weighted by atomic mass is 16.5. The Morgan fingerprint density at radius 3 is 2.62 bits per heavy atom. The monoisotopic (exact) mass is 226 g/mol. The Hall–Kier alpha value is -0.120. The first-order valence-corrected chi connectivity index (χ1v) is 6.76. The van der Waals surface area contributed by atoms with Crippen LogP contribution in [0.3, 0.4) is 0 Å². The molecule has 1 saturated heterocycles. The average molecular weight is 226 g/mol. The second-order valence-corrected chi connectivity index (χ2v) is 5.74. The van der Waals surface area contributed by atoms with Gasteiger partial charge in [0.15, 0.2) is 0 Å². The van der Waals surface area contributed by atoms with E-state index >= 15 is 0 Å². The van der Waals surface area contributed by atoms with Crippen LogP contribution < -0.4 is 5.73 Å². The lowest BCUT2D eigenvalue weighted by Crippen LogP contribution is -2.33. The smallest absolute Gasteiger partial charge is 0.0506 e. The third-order valence-electron chi connectivity index (χ3n) is 3.98. The van der Waals surface area contributed by atoms with Crippen molar-refractivity contribution in [2.75, 3.05) is 33.4 Å². The first-order chi connectivity index (χ1) is 7.74. The molecule has 0 aromatic carbocycles. The normalized spacial score (nSPS) is 35.8. The average Bonchev–Trinajstić information content (AvgIpc) is 2.65. The maximum Gasteiger partial charge on any atom is 0.0506 e. The summed E-state index contributed by atoms with van der Waals surface area (Å²) >= 11 is 0. The molecule has 0 radical (unpaired) electrons. The number of ether oxygens (including phenoxy) is 1. The predicted octanol–water partition coefficient (Wildman–Crippen LogP) is 1.47. The van der Waals surface area contributed by atoms with Crippen LogP contribution in [-0.2, 0) is 4.74 Å². The molecule has 1 saturated carbocycles. The molecule has 0 amide bonds. The predicted molar refractivity (Wildman–Crippen MR) is 66.4 cm³/mol. The number of hydrogen-bond acceptors (Lipinski definition) is 3. The van der Waals surface area contributed by atoms with E-state index in [0.717, 1.165) is 25.0 Å². The van der Waals surface area contributed by atoms with Crippen LogP contribution in [0.15, 0.2) is 0 Å². The van der Waals surface area contributed by atoms with Crippen LogP contribution in [0.2, 0.25) is 0 Å². The number of nitrogens with zero attached hydrogens (tertiary/aromatic N) is 1. The van der Waals surface area contributed by atoms with Crippen LogP contribution in [0, 0.1) is 11.8 Å². The van der Waals surface area contributed by atoms with Gasteiger partial charge < -0.3 is 15.4 Å². The van der Waals surface area contributed by atoms with Crippen molar-refractivity contribution in [2.24, 2.45) is 17.6 Å². The largest absolute Gasteiger partial charge is 0.381 e. The Bertz CT molecular complexity index is 197. The molecule has 2 rings (SSSR count). The summed E-state index contributed by atoms with van der Waals surface area (Å²) in [6.45, 7) is 4.36. The summed E-state index contributed by atoms with van der Waals surface area (Å²) in [5.41, 5.74) is 5.95. The molecule has 3 unspecified atom stereocenters. The van der Waals surface area contributed by atoms with Crippen molar-refractivity contribution in [3.8, 4) is 0 Å². The molecule has 0 bridgehead atoms. The molecule has 94 valence electrons. The van der Waals surface area contributed by atoms with Gasteiger partial charge >= 0.3 is 0 Å². The van der Waals surface area contributed by atoms with Crippen molar-refractivity contribution in [1.29, 1.82) is 0 Å².